The molecule has 0 saturated heterocycles. The fourth-order valence-corrected chi connectivity index (χ4v) is 3.09. The third-order valence-corrected chi connectivity index (χ3v) is 4.44. The Labute approximate surface area is 116 Å². The number of benzene rings is 1. The molecule has 0 fully saturated rings. The van der Waals surface area contributed by atoms with E-state index in [0.29, 0.717) is 5.88 Å². The summed E-state index contributed by atoms with van der Waals surface area (Å²) in [6.07, 6.45) is 1.88. The van der Waals surface area contributed by atoms with Crippen molar-refractivity contribution in [3.8, 4) is 0 Å². The third-order valence-electron chi connectivity index (χ3n) is 3.07. The molecule has 0 amide bonds. The second-order valence-corrected chi connectivity index (χ2v) is 5.55. The third kappa shape index (κ3) is 3.30. The van der Waals surface area contributed by atoms with Gasteiger partial charge in [0.1, 0.15) is 5.82 Å². The monoisotopic (exact) mass is 283 g/mol. The van der Waals surface area contributed by atoms with Crippen LogP contribution in [-0.2, 0) is 6.42 Å². The highest BCUT2D eigenvalue weighted by Crippen LogP contribution is 2.25. The van der Waals surface area contributed by atoms with Gasteiger partial charge in [-0.05, 0) is 43.4 Å². The SMILES string of the molecule is Cc1ncsc1CCC(CCl)c1cccc(F)c1. The van der Waals surface area contributed by atoms with E-state index < -0.39 is 0 Å². The van der Waals surface area contributed by atoms with Crippen LogP contribution in [0.1, 0.15) is 28.5 Å². The molecule has 1 unspecified atom stereocenters. The average Bonchev–Trinajstić information content (AvgIpc) is 2.76. The molecule has 0 saturated carbocycles. The van der Waals surface area contributed by atoms with E-state index >= 15 is 0 Å². The van der Waals surface area contributed by atoms with Crippen LogP contribution >= 0.6 is 22.9 Å². The van der Waals surface area contributed by atoms with Gasteiger partial charge in [-0.1, -0.05) is 12.1 Å². The first-order valence-corrected chi connectivity index (χ1v) is 7.32. The quantitative estimate of drug-likeness (QED) is 0.734. The van der Waals surface area contributed by atoms with Crippen LogP contribution in [0, 0.1) is 12.7 Å². The highest BCUT2D eigenvalue weighted by atomic mass is 35.5. The molecule has 1 aromatic carbocycles. The Kier molecular flexibility index (Phi) is 4.72. The van der Waals surface area contributed by atoms with Crippen molar-refractivity contribution in [1.29, 1.82) is 0 Å². The Morgan fingerprint density at radius 3 is 2.89 bits per heavy atom. The van der Waals surface area contributed by atoms with Crippen molar-refractivity contribution in [3.05, 3.63) is 51.7 Å². The van der Waals surface area contributed by atoms with Gasteiger partial charge in [0.25, 0.3) is 0 Å². The van der Waals surface area contributed by atoms with Crippen LogP contribution in [0.5, 0.6) is 0 Å². The summed E-state index contributed by atoms with van der Waals surface area (Å²) in [5.41, 5.74) is 3.93. The topological polar surface area (TPSA) is 12.9 Å². The van der Waals surface area contributed by atoms with Crippen molar-refractivity contribution >= 4 is 22.9 Å². The number of alkyl halides is 1. The van der Waals surface area contributed by atoms with Gasteiger partial charge in [0, 0.05) is 10.8 Å². The second-order valence-electron chi connectivity index (χ2n) is 4.31. The minimum atomic E-state index is -0.198. The fraction of sp³-hybridized carbons (Fsp3) is 0.357. The minimum Gasteiger partial charge on any atom is -0.250 e. The summed E-state index contributed by atoms with van der Waals surface area (Å²) in [5, 5.41) is 0. The first-order chi connectivity index (χ1) is 8.70. The maximum atomic E-state index is 13.2. The molecule has 0 aliphatic carbocycles. The smallest absolute Gasteiger partial charge is 0.123 e. The van der Waals surface area contributed by atoms with Gasteiger partial charge < -0.3 is 0 Å². The average molecular weight is 284 g/mol. The number of thiazole rings is 1. The number of rotatable bonds is 5. The van der Waals surface area contributed by atoms with E-state index in [-0.39, 0.29) is 11.7 Å². The zero-order chi connectivity index (χ0) is 13.0. The molecule has 4 heteroatoms. The van der Waals surface area contributed by atoms with E-state index in [1.165, 1.54) is 10.9 Å². The molecular formula is C14H15ClFNS. The summed E-state index contributed by atoms with van der Waals surface area (Å²) in [5.74, 6) is 0.516. The molecule has 1 heterocycles. The minimum absolute atomic E-state index is 0.198. The van der Waals surface area contributed by atoms with Crippen LogP contribution in [0.15, 0.2) is 29.8 Å². The summed E-state index contributed by atoms with van der Waals surface area (Å²) in [7, 11) is 0. The Bertz CT molecular complexity index is 512. The fourth-order valence-electron chi connectivity index (χ4n) is 1.96. The van der Waals surface area contributed by atoms with Crippen molar-refractivity contribution in [3.63, 3.8) is 0 Å². The van der Waals surface area contributed by atoms with Gasteiger partial charge in [-0.3, -0.25) is 0 Å². The van der Waals surface area contributed by atoms with Crippen LogP contribution in [-0.4, -0.2) is 10.9 Å². The first kappa shape index (κ1) is 13.5. The Hall–Kier alpha value is -0.930. The molecule has 0 spiro atoms. The maximum Gasteiger partial charge on any atom is 0.123 e. The zero-order valence-electron chi connectivity index (χ0n) is 10.2. The molecular weight excluding hydrogens is 269 g/mol. The van der Waals surface area contributed by atoms with Gasteiger partial charge in [0.15, 0.2) is 0 Å². The summed E-state index contributed by atoms with van der Waals surface area (Å²) in [4.78, 5) is 5.53. The number of hydrogen-bond donors (Lipinski definition) is 0. The molecule has 1 atom stereocenters. The number of hydrogen-bond acceptors (Lipinski definition) is 2. The lowest BCUT2D eigenvalue weighted by Gasteiger charge is -2.14. The van der Waals surface area contributed by atoms with Crippen LogP contribution < -0.4 is 0 Å². The van der Waals surface area contributed by atoms with Gasteiger partial charge in [-0.15, -0.1) is 22.9 Å². The molecule has 2 rings (SSSR count). The summed E-state index contributed by atoms with van der Waals surface area (Å²) in [6.45, 7) is 2.02. The molecule has 2 aromatic rings. The van der Waals surface area contributed by atoms with Gasteiger partial charge in [0.05, 0.1) is 11.2 Å². The predicted molar refractivity (Wildman–Crippen MR) is 75.0 cm³/mol. The largest absolute Gasteiger partial charge is 0.250 e. The summed E-state index contributed by atoms with van der Waals surface area (Å²) < 4.78 is 13.2. The molecule has 0 aliphatic rings. The summed E-state index contributed by atoms with van der Waals surface area (Å²) >= 11 is 7.67. The molecule has 1 nitrogen and oxygen atoms in total. The standard InChI is InChI=1S/C14H15ClFNS/c1-10-14(18-9-17-10)6-5-12(8-15)11-3-2-4-13(16)7-11/h2-4,7,9,12H,5-6,8H2,1H3. The summed E-state index contributed by atoms with van der Waals surface area (Å²) in [6, 6.07) is 6.71. The molecule has 0 aliphatic heterocycles. The van der Waals surface area contributed by atoms with E-state index in [1.54, 1.807) is 23.5 Å². The van der Waals surface area contributed by atoms with Gasteiger partial charge in [-0.2, -0.15) is 0 Å². The molecule has 1 aromatic heterocycles. The van der Waals surface area contributed by atoms with E-state index in [1.807, 2.05) is 18.5 Å². The lowest BCUT2D eigenvalue weighted by atomic mass is 9.95. The van der Waals surface area contributed by atoms with E-state index in [2.05, 4.69) is 4.98 Å². The van der Waals surface area contributed by atoms with Crippen molar-refractivity contribution in [1.82, 2.24) is 4.98 Å². The normalized spacial score (nSPS) is 12.6. The van der Waals surface area contributed by atoms with Gasteiger partial charge in [-0.25, -0.2) is 9.37 Å². The van der Waals surface area contributed by atoms with Crippen LogP contribution in [0.25, 0.3) is 0 Å². The molecule has 18 heavy (non-hydrogen) atoms. The van der Waals surface area contributed by atoms with Crippen LogP contribution in [0.2, 0.25) is 0 Å². The van der Waals surface area contributed by atoms with Crippen molar-refractivity contribution in [2.75, 3.05) is 5.88 Å². The maximum absolute atomic E-state index is 13.2. The van der Waals surface area contributed by atoms with Crippen molar-refractivity contribution in [2.24, 2.45) is 0 Å². The second kappa shape index (κ2) is 6.30. The van der Waals surface area contributed by atoms with Crippen molar-refractivity contribution in [2.45, 2.75) is 25.7 Å². The first-order valence-electron chi connectivity index (χ1n) is 5.91. The molecule has 0 bridgehead atoms. The van der Waals surface area contributed by atoms with E-state index in [0.717, 1.165) is 24.1 Å². The van der Waals surface area contributed by atoms with Gasteiger partial charge >= 0.3 is 0 Å². The Morgan fingerprint density at radius 1 is 1.44 bits per heavy atom. The number of halogens is 2. The van der Waals surface area contributed by atoms with Gasteiger partial charge in [0.2, 0.25) is 0 Å². The number of aromatic nitrogens is 1. The molecule has 0 N–H and O–H groups in total. The molecule has 96 valence electrons. The highest BCUT2D eigenvalue weighted by molar-refractivity contribution is 7.09. The van der Waals surface area contributed by atoms with Crippen LogP contribution in [0.3, 0.4) is 0 Å². The Morgan fingerprint density at radius 2 is 2.28 bits per heavy atom. The Balaban J connectivity index is 2.04. The molecule has 0 radical (unpaired) electrons. The van der Waals surface area contributed by atoms with E-state index in [9.17, 15) is 4.39 Å². The lowest BCUT2D eigenvalue weighted by Crippen LogP contribution is -2.03. The predicted octanol–water partition coefficient (Wildman–Crippen LogP) is 4.55. The lowest BCUT2D eigenvalue weighted by molar-refractivity contribution is 0.616. The van der Waals surface area contributed by atoms with Crippen LogP contribution in [0.4, 0.5) is 4.39 Å². The highest BCUT2D eigenvalue weighted by Gasteiger charge is 2.12. The van der Waals surface area contributed by atoms with E-state index in [4.69, 9.17) is 11.6 Å². The zero-order valence-corrected chi connectivity index (χ0v) is 11.8. The van der Waals surface area contributed by atoms with Crippen molar-refractivity contribution < 1.29 is 4.39 Å². The number of aryl methyl sites for hydroxylation is 2. The number of nitrogens with zero attached hydrogens (tertiary/aromatic N) is 1.